The smallest absolute Gasteiger partial charge is 0.181 e. The minimum absolute atomic E-state index is 0.311. The third-order valence-corrected chi connectivity index (χ3v) is 9.51. The Bertz CT molecular complexity index is 1470. The maximum atomic E-state index is 13.2. The van der Waals surface area contributed by atoms with Gasteiger partial charge in [-0.2, -0.15) is 0 Å². The zero-order valence-corrected chi connectivity index (χ0v) is 21.8. The van der Waals surface area contributed by atoms with E-state index in [1.807, 2.05) is 29.6 Å². The van der Waals surface area contributed by atoms with Crippen molar-refractivity contribution in [2.75, 3.05) is 27.2 Å². The summed E-state index contributed by atoms with van der Waals surface area (Å²) in [5, 5.41) is 8.22. The van der Waals surface area contributed by atoms with E-state index in [4.69, 9.17) is 4.74 Å². The highest BCUT2D eigenvalue weighted by molar-refractivity contribution is 7.92. The number of rotatable bonds is 7. The van der Waals surface area contributed by atoms with E-state index in [0.717, 1.165) is 59.7 Å². The lowest BCUT2D eigenvalue weighted by Crippen LogP contribution is -2.37. The Morgan fingerprint density at radius 2 is 1.75 bits per heavy atom. The topological polar surface area (TPSA) is 76.8 Å². The summed E-state index contributed by atoms with van der Waals surface area (Å²) in [6.07, 6.45) is 4.73. The van der Waals surface area contributed by atoms with E-state index in [1.54, 1.807) is 25.6 Å². The van der Waals surface area contributed by atoms with Crippen LogP contribution in [-0.4, -0.2) is 60.4 Å². The molecule has 0 saturated carbocycles. The fourth-order valence-electron chi connectivity index (χ4n) is 5.03. The van der Waals surface area contributed by atoms with Gasteiger partial charge in [-0.05, 0) is 99.8 Å². The minimum Gasteiger partial charge on any atom is -0.496 e. The third kappa shape index (κ3) is 4.75. The SMILES string of the molecule is COc1cc(C)ccc1CCc1ccc(-c2ccc(S(=O)(=O)C3CCN(C)CC3)cc2)c2nncn12. The number of piperidine rings is 1. The number of nitrogens with zero attached hydrogens (tertiary/aromatic N) is 4. The molecule has 188 valence electrons. The summed E-state index contributed by atoms with van der Waals surface area (Å²) in [7, 11) is 0.404. The molecule has 0 bridgehead atoms. The van der Waals surface area contributed by atoms with E-state index >= 15 is 0 Å². The number of pyridine rings is 1. The highest BCUT2D eigenvalue weighted by Crippen LogP contribution is 2.29. The van der Waals surface area contributed by atoms with Gasteiger partial charge < -0.3 is 9.64 Å². The van der Waals surface area contributed by atoms with Crippen LogP contribution in [-0.2, 0) is 22.7 Å². The Kier molecular flexibility index (Phi) is 6.81. The van der Waals surface area contributed by atoms with E-state index in [9.17, 15) is 8.42 Å². The fraction of sp³-hybridized carbons (Fsp3) is 0.357. The summed E-state index contributed by atoms with van der Waals surface area (Å²) >= 11 is 0. The predicted octanol–water partition coefficient (Wildman–Crippen LogP) is 4.37. The van der Waals surface area contributed by atoms with Crippen LogP contribution >= 0.6 is 0 Å². The Morgan fingerprint density at radius 3 is 2.47 bits per heavy atom. The largest absolute Gasteiger partial charge is 0.496 e. The van der Waals surface area contributed by atoms with Crippen LogP contribution in [0.3, 0.4) is 0 Å². The fourth-order valence-corrected chi connectivity index (χ4v) is 6.76. The first-order valence-corrected chi connectivity index (χ1v) is 13.9. The quantitative estimate of drug-likeness (QED) is 0.372. The Hall–Kier alpha value is -3.23. The van der Waals surface area contributed by atoms with E-state index < -0.39 is 9.84 Å². The molecule has 3 heterocycles. The number of hydrogen-bond acceptors (Lipinski definition) is 6. The molecule has 2 aromatic carbocycles. The number of benzene rings is 2. The van der Waals surface area contributed by atoms with Crippen molar-refractivity contribution >= 4 is 15.5 Å². The summed E-state index contributed by atoms with van der Waals surface area (Å²) in [6, 6.07) is 17.6. The second-order valence-corrected chi connectivity index (χ2v) is 11.9. The number of aryl methyl sites for hydroxylation is 3. The number of ether oxygens (including phenoxy) is 1. The van der Waals surface area contributed by atoms with Gasteiger partial charge in [0, 0.05) is 11.3 Å². The molecule has 0 atom stereocenters. The molecule has 0 unspecified atom stereocenters. The van der Waals surface area contributed by atoms with Gasteiger partial charge in [-0.3, -0.25) is 4.40 Å². The van der Waals surface area contributed by atoms with Gasteiger partial charge in [-0.1, -0.05) is 24.3 Å². The zero-order valence-electron chi connectivity index (χ0n) is 21.0. The van der Waals surface area contributed by atoms with Crippen molar-refractivity contribution in [3.05, 3.63) is 77.7 Å². The Labute approximate surface area is 212 Å². The van der Waals surface area contributed by atoms with Crippen molar-refractivity contribution in [1.82, 2.24) is 19.5 Å². The lowest BCUT2D eigenvalue weighted by Gasteiger charge is -2.28. The van der Waals surface area contributed by atoms with Crippen LogP contribution < -0.4 is 4.74 Å². The molecular weight excluding hydrogens is 472 g/mol. The van der Waals surface area contributed by atoms with E-state index in [2.05, 4.69) is 46.3 Å². The van der Waals surface area contributed by atoms with Crippen LogP contribution in [0.2, 0.25) is 0 Å². The number of sulfone groups is 1. The molecule has 0 N–H and O–H groups in total. The first-order chi connectivity index (χ1) is 17.4. The normalized spacial score (nSPS) is 15.4. The number of methoxy groups -OCH3 is 1. The molecule has 4 aromatic rings. The molecule has 8 heteroatoms. The van der Waals surface area contributed by atoms with Gasteiger partial charge in [0.15, 0.2) is 15.5 Å². The lowest BCUT2D eigenvalue weighted by molar-refractivity contribution is 0.277. The highest BCUT2D eigenvalue weighted by atomic mass is 32.2. The summed E-state index contributed by atoms with van der Waals surface area (Å²) in [5.74, 6) is 0.905. The Balaban J connectivity index is 1.38. The van der Waals surface area contributed by atoms with Crippen LogP contribution in [0.25, 0.3) is 16.8 Å². The summed E-state index contributed by atoms with van der Waals surface area (Å²) < 4.78 is 33.9. The van der Waals surface area contributed by atoms with Crippen LogP contribution in [0.1, 0.15) is 29.7 Å². The number of hydrogen-bond donors (Lipinski definition) is 0. The molecule has 36 heavy (non-hydrogen) atoms. The van der Waals surface area contributed by atoms with Gasteiger partial charge in [0.2, 0.25) is 0 Å². The molecule has 1 saturated heterocycles. The van der Waals surface area contributed by atoms with E-state index in [-0.39, 0.29) is 5.25 Å². The summed E-state index contributed by atoms with van der Waals surface area (Å²) in [6.45, 7) is 3.69. The van der Waals surface area contributed by atoms with Crippen molar-refractivity contribution in [2.24, 2.45) is 0 Å². The van der Waals surface area contributed by atoms with Crippen LogP contribution in [0.15, 0.2) is 65.8 Å². The van der Waals surface area contributed by atoms with Crippen LogP contribution in [0.4, 0.5) is 0 Å². The van der Waals surface area contributed by atoms with Gasteiger partial charge in [-0.15, -0.1) is 10.2 Å². The molecule has 5 rings (SSSR count). The maximum Gasteiger partial charge on any atom is 0.181 e. The second kappa shape index (κ2) is 10.0. The van der Waals surface area contributed by atoms with Crippen molar-refractivity contribution in [2.45, 2.75) is 42.8 Å². The number of aromatic nitrogens is 3. The van der Waals surface area contributed by atoms with Crippen LogP contribution in [0, 0.1) is 6.92 Å². The van der Waals surface area contributed by atoms with Crippen molar-refractivity contribution < 1.29 is 13.2 Å². The molecule has 7 nitrogen and oxygen atoms in total. The summed E-state index contributed by atoms with van der Waals surface area (Å²) in [4.78, 5) is 2.57. The first kappa shape index (κ1) is 24.5. The molecule has 1 aliphatic rings. The van der Waals surface area contributed by atoms with Gasteiger partial charge in [-0.25, -0.2) is 8.42 Å². The molecule has 0 spiro atoms. The standard InChI is InChI=1S/C28H32N4O3S/c1-20-4-5-22(27(18-20)35-3)6-9-23-10-13-26(28-30-29-19-32(23)28)21-7-11-24(12-8-21)36(33,34)25-14-16-31(2)17-15-25/h4-5,7-8,10-13,18-19,25H,6,9,14-17H2,1-3H3. The molecule has 1 fully saturated rings. The second-order valence-electron chi connectivity index (χ2n) is 9.65. The van der Waals surface area contributed by atoms with Gasteiger partial charge in [0.1, 0.15) is 12.1 Å². The third-order valence-electron chi connectivity index (χ3n) is 7.23. The van der Waals surface area contributed by atoms with E-state index in [1.165, 1.54) is 5.56 Å². The van der Waals surface area contributed by atoms with Crippen molar-refractivity contribution in [3.63, 3.8) is 0 Å². The molecule has 0 aliphatic carbocycles. The number of likely N-dealkylation sites (tertiary alicyclic amines) is 1. The van der Waals surface area contributed by atoms with Crippen molar-refractivity contribution in [3.8, 4) is 16.9 Å². The first-order valence-electron chi connectivity index (χ1n) is 12.3. The van der Waals surface area contributed by atoms with Crippen molar-refractivity contribution in [1.29, 1.82) is 0 Å². The highest BCUT2D eigenvalue weighted by Gasteiger charge is 2.30. The number of fused-ring (bicyclic) bond motifs is 1. The van der Waals surface area contributed by atoms with Gasteiger partial charge in [0.25, 0.3) is 0 Å². The average Bonchev–Trinajstić information content (AvgIpc) is 3.38. The minimum atomic E-state index is -3.34. The summed E-state index contributed by atoms with van der Waals surface area (Å²) in [5.41, 5.74) is 6.03. The molecular formula is C28H32N4O3S. The van der Waals surface area contributed by atoms with Crippen LogP contribution in [0.5, 0.6) is 5.75 Å². The van der Waals surface area contributed by atoms with Gasteiger partial charge >= 0.3 is 0 Å². The average molecular weight is 505 g/mol. The molecule has 2 aromatic heterocycles. The molecule has 0 amide bonds. The van der Waals surface area contributed by atoms with E-state index in [0.29, 0.717) is 17.7 Å². The monoisotopic (exact) mass is 504 g/mol. The molecule has 0 radical (unpaired) electrons. The zero-order chi connectivity index (χ0) is 25.3. The predicted molar refractivity (Wildman–Crippen MR) is 141 cm³/mol. The molecule has 1 aliphatic heterocycles. The Morgan fingerprint density at radius 1 is 1.00 bits per heavy atom. The van der Waals surface area contributed by atoms with Gasteiger partial charge in [0.05, 0.1) is 17.3 Å². The lowest BCUT2D eigenvalue weighted by atomic mass is 10.0. The maximum absolute atomic E-state index is 13.2.